The maximum atomic E-state index is 11.4. The Balaban J connectivity index is 1.94. The van der Waals surface area contributed by atoms with Crippen LogP contribution in [-0.4, -0.2) is 26.4 Å². The summed E-state index contributed by atoms with van der Waals surface area (Å²) in [7, 11) is -3.17. The number of hydrogen-bond donors (Lipinski definition) is 2. The van der Waals surface area contributed by atoms with Gasteiger partial charge in [0.2, 0.25) is 0 Å². The molecular formula is C17H20N2O3S2. The number of benzene rings is 2. The molecule has 2 rings (SSSR count). The SMILES string of the molecule is CCOc1ccccc1NC(=S)NCc1ccc(S(C)(=O)=O)cc1. The molecule has 0 saturated carbocycles. The van der Waals surface area contributed by atoms with Crippen LogP contribution >= 0.6 is 12.2 Å². The lowest BCUT2D eigenvalue weighted by Crippen LogP contribution is -2.28. The Morgan fingerprint density at radius 1 is 1.12 bits per heavy atom. The maximum Gasteiger partial charge on any atom is 0.175 e. The highest BCUT2D eigenvalue weighted by Gasteiger charge is 2.07. The van der Waals surface area contributed by atoms with Crippen LogP contribution in [0.25, 0.3) is 0 Å². The molecule has 0 spiro atoms. The highest BCUT2D eigenvalue weighted by Crippen LogP contribution is 2.23. The van der Waals surface area contributed by atoms with Crippen LogP contribution in [0.4, 0.5) is 5.69 Å². The molecule has 2 aromatic rings. The van der Waals surface area contributed by atoms with Gasteiger partial charge in [-0.3, -0.25) is 0 Å². The van der Waals surface area contributed by atoms with Crippen LogP contribution in [0.5, 0.6) is 5.75 Å². The first kappa shape index (κ1) is 18.2. The smallest absolute Gasteiger partial charge is 0.175 e. The molecule has 0 unspecified atom stereocenters. The molecule has 0 saturated heterocycles. The lowest BCUT2D eigenvalue weighted by Gasteiger charge is -2.14. The first-order valence-electron chi connectivity index (χ1n) is 7.46. The zero-order valence-corrected chi connectivity index (χ0v) is 15.2. The van der Waals surface area contributed by atoms with E-state index in [2.05, 4.69) is 10.6 Å². The predicted molar refractivity (Wildman–Crippen MR) is 100 cm³/mol. The number of hydrogen-bond acceptors (Lipinski definition) is 4. The van der Waals surface area contributed by atoms with E-state index in [4.69, 9.17) is 17.0 Å². The van der Waals surface area contributed by atoms with Crippen LogP contribution in [0.15, 0.2) is 53.4 Å². The van der Waals surface area contributed by atoms with Gasteiger partial charge in [-0.15, -0.1) is 0 Å². The summed E-state index contributed by atoms with van der Waals surface area (Å²) < 4.78 is 28.4. The minimum Gasteiger partial charge on any atom is -0.492 e. The molecule has 5 nitrogen and oxygen atoms in total. The van der Waals surface area contributed by atoms with Gasteiger partial charge in [0.1, 0.15) is 5.75 Å². The Morgan fingerprint density at radius 3 is 2.42 bits per heavy atom. The second kappa shape index (κ2) is 8.12. The normalized spacial score (nSPS) is 10.9. The fourth-order valence-electron chi connectivity index (χ4n) is 2.05. The molecule has 0 radical (unpaired) electrons. The van der Waals surface area contributed by atoms with Crippen LogP contribution in [0, 0.1) is 0 Å². The number of thiocarbonyl (C=S) groups is 1. The van der Waals surface area contributed by atoms with Gasteiger partial charge in [0.05, 0.1) is 17.2 Å². The van der Waals surface area contributed by atoms with Gasteiger partial charge in [-0.2, -0.15) is 0 Å². The summed E-state index contributed by atoms with van der Waals surface area (Å²) >= 11 is 5.29. The largest absolute Gasteiger partial charge is 0.492 e. The van der Waals surface area contributed by atoms with E-state index >= 15 is 0 Å². The molecule has 0 aliphatic rings. The molecule has 0 fully saturated rings. The third-order valence-corrected chi connectivity index (χ3v) is 4.61. The lowest BCUT2D eigenvalue weighted by molar-refractivity contribution is 0.342. The van der Waals surface area contributed by atoms with Crippen molar-refractivity contribution in [3.63, 3.8) is 0 Å². The third-order valence-electron chi connectivity index (χ3n) is 3.24. The highest BCUT2D eigenvalue weighted by atomic mass is 32.2. The van der Waals surface area contributed by atoms with Crippen LogP contribution < -0.4 is 15.4 Å². The minimum atomic E-state index is -3.17. The average Bonchev–Trinajstić information content (AvgIpc) is 2.55. The van der Waals surface area contributed by atoms with E-state index in [-0.39, 0.29) is 0 Å². The summed E-state index contributed by atoms with van der Waals surface area (Å²) in [4.78, 5) is 0.303. The lowest BCUT2D eigenvalue weighted by atomic mass is 10.2. The van der Waals surface area contributed by atoms with Crippen LogP contribution in [0.1, 0.15) is 12.5 Å². The molecule has 0 aliphatic heterocycles. The quantitative estimate of drug-likeness (QED) is 0.768. The monoisotopic (exact) mass is 364 g/mol. The van der Waals surface area contributed by atoms with Crippen LogP contribution in [-0.2, 0) is 16.4 Å². The Kier molecular flexibility index (Phi) is 6.16. The molecule has 0 amide bonds. The first-order chi connectivity index (χ1) is 11.4. The van der Waals surface area contributed by atoms with E-state index in [1.54, 1.807) is 24.3 Å². The highest BCUT2D eigenvalue weighted by molar-refractivity contribution is 7.90. The van der Waals surface area contributed by atoms with Gasteiger partial charge in [0.15, 0.2) is 14.9 Å². The van der Waals surface area contributed by atoms with Crippen molar-refractivity contribution in [3.05, 3.63) is 54.1 Å². The second-order valence-electron chi connectivity index (χ2n) is 5.15. The van der Waals surface area contributed by atoms with E-state index < -0.39 is 9.84 Å². The summed E-state index contributed by atoms with van der Waals surface area (Å²) in [6.45, 7) is 2.99. The molecule has 0 atom stereocenters. The van der Waals surface area contributed by atoms with E-state index in [0.717, 1.165) is 17.0 Å². The molecule has 0 aliphatic carbocycles. The van der Waals surface area contributed by atoms with Gasteiger partial charge in [-0.1, -0.05) is 24.3 Å². The van der Waals surface area contributed by atoms with Crippen molar-refractivity contribution in [3.8, 4) is 5.75 Å². The van der Waals surface area contributed by atoms with Crippen molar-refractivity contribution in [1.82, 2.24) is 5.32 Å². The van der Waals surface area contributed by atoms with Crippen molar-refractivity contribution >= 4 is 32.9 Å². The van der Waals surface area contributed by atoms with Gasteiger partial charge < -0.3 is 15.4 Å². The standard InChI is InChI=1S/C17H20N2O3S2/c1-3-22-16-7-5-4-6-15(16)19-17(23)18-12-13-8-10-14(11-9-13)24(2,20)21/h4-11H,3,12H2,1-2H3,(H2,18,19,23). The fourth-order valence-corrected chi connectivity index (χ4v) is 2.87. The van der Waals surface area contributed by atoms with Gasteiger partial charge in [-0.25, -0.2) is 8.42 Å². The predicted octanol–water partition coefficient (Wildman–Crippen LogP) is 2.98. The topological polar surface area (TPSA) is 67.4 Å². The molecule has 2 N–H and O–H groups in total. The molecule has 7 heteroatoms. The van der Waals surface area contributed by atoms with Crippen molar-refractivity contribution in [2.75, 3.05) is 18.2 Å². The Morgan fingerprint density at radius 2 is 1.79 bits per heavy atom. The summed E-state index contributed by atoms with van der Waals surface area (Å²) in [5.41, 5.74) is 1.73. The Bertz CT molecular complexity index is 803. The first-order valence-corrected chi connectivity index (χ1v) is 9.76. The number of sulfone groups is 1. The Labute approximate surface area is 148 Å². The summed E-state index contributed by atoms with van der Waals surface area (Å²) in [5.74, 6) is 0.738. The van der Waals surface area contributed by atoms with E-state index in [0.29, 0.717) is 23.2 Å². The van der Waals surface area contributed by atoms with Gasteiger partial charge in [-0.05, 0) is 49.0 Å². The molecule has 0 aromatic heterocycles. The van der Waals surface area contributed by atoms with Crippen molar-refractivity contribution in [2.45, 2.75) is 18.4 Å². The van der Waals surface area contributed by atoms with Crippen molar-refractivity contribution < 1.29 is 13.2 Å². The number of rotatable bonds is 6. The van der Waals surface area contributed by atoms with Crippen molar-refractivity contribution in [1.29, 1.82) is 0 Å². The third kappa shape index (κ3) is 5.21. The summed E-state index contributed by atoms with van der Waals surface area (Å²) in [6.07, 6.45) is 1.19. The average molecular weight is 364 g/mol. The van der Waals surface area contributed by atoms with E-state index in [1.165, 1.54) is 6.26 Å². The maximum absolute atomic E-state index is 11.4. The summed E-state index contributed by atoms with van der Waals surface area (Å²) in [6, 6.07) is 14.3. The molecular weight excluding hydrogens is 344 g/mol. The minimum absolute atomic E-state index is 0.303. The molecule has 2 aromatic carbocycles. The van der Waals surface area contributed by atoms with Crippen molar-refractivity contribution in [2.24, 2.45) is 0 Å². The zero-order valence-electron chi connectivity index (χ0n) is 13.6. The zero-order chi connectivity index (χ0) is 17.6. The number of anilines is 1. The fraction of sp³-hybridized carbons (Fsp3) is 0.235. The summed E-state index contributed by atoms with van der Waals surface area (Å²) in [5, 5.41) is 6.66. The molecule has 128 valence electrons. The van der Waals surface area contributed by atoms with E-state index in [9.17, 15) is 8.42 Å². The number of nitrogens with one attached hydrogen (secondary N) is 2. The van der Waals surface area contributed by atoms with Gasteiger partial charge in [0, 0.05) is 12.8 Å². The van der Waals surface area contributed by atoms with Crippen LogP contribution in [0.3, 0.4) is 0 Å². The second-order valence-corrected chi connectivity index (χ2v) is 7.58. The number of para-hydroxylation sites is 2. The Hall–Kier alpha value is -2.12. The molecule has 24 heavy (non-hydrogen) atoms. The number of ether oxygens (including phenoxy) is 1. The molecule has 0 heterocycles. The van der Waals surface area contributed by atoms with E-state index in [1.807, 2.05) is 31.2 Å². The van der Waals surface area contributed by atoms with Crippen LogP contribution in [0.2, 0.25) is 0 Å². The van der Waals surface area contributed by atoms with Gasteiger partial charge in [0.25, 0.3) is 0 Å². The molecule has 0 bridgehead atoms. The van der Waals surface area contributed by atoms with Gasteiger partial charge >= 0.3 is 0 Å².